The standard InChI is InChI=1S/C16H26N4/c1-3-4-5-8-20-14(12-17)11-15(18)16(20)19-9-6-13(2)7-10-19/h11,13H,3-10,18H2,1-2H3. The normalized spacial score (nSPS) is 16.4. The summed E-state index contributed by atoms with van der Waals surface area (Å²) in [4.78, 5) is 2.36. The summed E-state index contributed by atoms with van der Waals surface area (Å²) in [5.74, 6) is 1.87. The van der Waals surface area contributed by atoms with Gasteiger partial charge in [0.25, 0.3) is 0 Å². The maximum atomic E-state index is 9.31. The molecule has 1 aliphatic rings. The number of unbranched alkanes of at least 4 members (excludes halogenated alkanes) is 2. The Morgan fingerprint density at radius 2 is 2.05 bits per heavy atom. The molecule has 1 saturated heterocycles. The van der Waals surface area contributed by atoms with Gasteiger partial charge >= 0.3 is 0 Å². The van der Waals surface area contributed by atoms with Crippen molar-refractivity contribution in [2.75, 3.05) is 23.7 Å². The number of piperidine rings is 1. The number of nitriles is 1. The van der Waals surface area contributed by atoms with Gasteiger partial charge in [-0.1, -0.05) is 26.7 Å². The first-order valence-corrected chi connectivity index (χ1v) is 7.81. The van der Waals surface area contributed by atoms with Crippen LogP contribution in [0.5, 0.6) is 0 Å². The van der Waals surface area contributed by atoms with Crippen LogP contribution in [-0.4, -0.2) is 17.7 Å². The predicted molar refractivity (Wildman–Crippen MR) is 83.7 cm³/mol. The molecule has 1 aromatic rings. The Morgan fingerprint density at radius 1 is 1.35 bits per heavy atom. The third-order valence-electron chi connectivity index (χ3n) is 4.28. The lowest BCUT2D eigenvalue weighted by Crippen LogP contribution is -2.34. The van der Waals surface area contributed by atoms with Gasteiger partial charge in [0.05, 0.1) is 5.69 Å². The van der Waals surface area contributed by atoms with Crippen LogP contribution in [0.3, 0.4) is 0 Å². The highest BCUT2D eigenvalue weighted by atomic mass is 15.3. The van der Waals surface area contributed by atoms with Crippen molar-refractivity contribution in [3.05, 3.63) is 11.8 Å². The van der Waals surface area contributed by atoms with E-state index in [0.717, 1.165) is 43.5 Å². The maximum Gasteiger partial charge on any atom is 0.133 e. The Kier molecular flexibility index (Phi) is 4.94. The average molecular weight is 274 g/mol. The lowest BCUT2D eigenvalue weighted by Gasteiger charge is -2.33. The molecule has 1 aromatic heterocycles. The smallest absolute Gasteiger partial charge is 0.133 e. The highest BCUT2D eigenvalue weighted by Gasteiger charge is 2.22. The SMILES string of the molecule is CCCCCn1c(C#N)cc(N)c1N1CCC(C)CC1. The van der Waals surface area contributed by atoms with Gasteiger partial charge in [-0.2, -0.15) is 5.26 Å². The van der Waals surface area contributed by atoms with Gasteiger partial charge in [0.2, 0.25) is 0 Å². The molecule has 110 valence electrons. The molecule has 0 bridgehead atoms. The van der Waals surface area contributed by atoms with Gasteiger partial charge in [-0.25, -0.2) is 0 Å². The molecule has 1 fully saturated rings. The molecule has 4 heteroatoms. The van der Waals surface area contributed by atoms with E-state index in [1.54, 1.807) is 0 Å². The van der Waals surface area contributed by atoms with Crippen LogP contribution in [0, 0.1) is 17.2 Å². The van der Waals surface area contributed by atoms with Gasteiger partial charge in [-0.3, -0.25) is 0 Å². The van der Waals surface area contributed by atoms with Gasteiger partial charge in [0.15, 0.2) is 0 Å². The molecule has 2 N–H and O–H groups in total. The third-order valence-corrected chi connectivity index (χ3v) is 4.28. The number of nitrogens with zero attached hydrogens (tertiary/aromatic N) is 3. The molecule has 2 rings (SSSR count). The lowest BCUT2D eigenvalue weighted by molar-refractivity contribution is 0.432. The predicted octanol–water partition coefficient (Wildman–Crippen LogP) is 3.37. The number of nitrogen functional groups attached to an aromatic ring is 1. The van der Waals surface area contributed by atoms with Gasteiger partial charge in [0, 0.05) is 19.6 Å². The summed E-state index contributed by atoms with van der Waals surface area (Å²) in [6.45, 7) is 7.50. The van der Waals surface area contributed by atoms with Crippen LogP contribution in [0.25, 0.3) is 0 Å². The van der Waals surface area contributed by atoms with Crippen molar-refractivity contribution in [2.24, 2.45) is 5.92 Å². The first-order valence-electron chi connectivity index (χ1n) is 7.81. The van der Waals surface area contributed by atoms with Crippen molar-refractivity contribution in [2.45, 2.75) is 52.5 Å². The van der Waals surface area contributed by atoms with E-state index >= 15 is 0 Å². The Bertz CT molecular complexity index is 475. The van der Waals surface area contributed by atoms with Gasteiger partial charge in [-0.15, -0.1) is 0 Å². The fraction of sp³-hybridized carbons (Fsp3) is 0.688. The molecular weight excluding hydrogens is 248 g/mol. The fourth-order valence-corrected chi connectivity index (χ4v) is 2.97. The van der Waals surface area contributed by atoms with Gasteiger partial charge < -0.3 is 15.2 Å². The van der Waals surface area contributed by atoms with E-state index in [9.17, 15) is 5.26 Å². The zero-order chi connectivity index (χ0) is 14.5. The van der Waals surface area contributed by atoms with Crippen LogP contribution < -0.4 is 10.6 Å². The Morgan fingerprint density at radius 3 is 2.65 bits per heavy atom. The van der Waals surface area contributed by atoms with Crippen molar-refractivity contribution >= 4 is 11.5 Å². The van der Waals surface area contributed by atoms with Gasteiger partial charge in [-0.05, 0) is 31.2 Å². The zero-order valence-electron chi connectivity index (χ0n) is 12.7. The average Bonchev–Trinajstić information content (AvgIpc) is 2.76. The van der Waals surface area contributed by atoms with Crippen molar-refractivity contribution in [3.8, 4) is 6.07 Å². The van der Waals surface area contributed by atoms with Crippen molar-refractivity contribution in [1.82, 2.24) is 4.57 Å². The molecule has 0 unspecified atom stereocenters. The molecule has 20 heavy (non-hydrogen) atoms. The minimum atomic E-state index is 0.701. The van der Waals surface area contributed by atoms with Crippen LogP contribution in [0.4, 0.5) is 11.5 Å². The number of nitrogens with two attached hydrogens (primary N) is 1. The molecular formula is C16H26N4. The molecule has 0 aromatic carbocycles. The lowest BCUT2D eigenvalue weighted by atomic mass is 9.99. The molecule has 0 saturated carbocycles. The summed E-state index contributed by atoms with van der Waals surface area (Å²) in [6, 6.07) is 4.12. The zero-order valence-corrected chi connectivity index (χ0v) is 12.7. The van der Waals surface area contributed by atoms with E-state index < -0.39 is 0 Å². The molecule has 0 atom stereocenters. The second-order valence-corrected chi connectivity index (χ2v) is 5.95. The van der Waals surface area contributed by atoms with E-state index in [1.165, 1.54) is 25.7 Å². The maximum absolute atomic E-state index is 9.31. The van der Waals surface area contributed by atoms with E-state index in [-0.39, 0.29) is 0 Å². The van der Waals surface area contributed by atoms with Gasteiger partial charge in [0.1, 0.15) is 17.6 Å². The van der Waals surface area contributed by atoms with E-state index in [0.29, 0.717) is 5.69 Å². The number of anilines is 2. The Labute approximate surface area is 122 Å². The first-order chi connectivity index (χ1) is 9.67. The minimum absolute atomic E-state index is 0.701. The second kappa shape index (κ2) is 6.69. The Balaban J connectivity index is 2.22. The minimum Gasteiger partial charge on any atom is -0.396 e. The van der Waals surface area contributed by atoms with Crippen LogP contribution >= 0.6 is 0 Å². The van der Waals surface area contributed by atoms with Crippen LogP contribution in [-0.2, 0) is 6.54 Å². The molecule has 4 nitrogen and oxygen atoms in total. The van der Waals surface area contributed by atoms with Crippen molar-refractivity contribution in [1.29, 1.82) is 5.26 Å². The molecule has 0 aliphatic carbocycles. The quantitative estimate of drug-likeness (QED) is 0.837. The summed E-state index contributed by atoms with van der Waals surface area (Å²) in [5.41, 5.74) is 7.63. The van der Waals surface area contributed by atoms with E-state index in [4.69, 9.17) is 5.73 Å². The third kappa shape index (κ3) is 3.09. The summed E-state index contributed by atoms with van der Waals surface area (Å²) in [7, 11) is 0. The Hall–Kier alpha value is -1.63. The summed E-state index contributed by atoms with van der Waals surface area (Å²) < 4.78 is 2.13. The molecule has 0 amide bonds. The number of rotatable bonds is 5. The highest BCUT2D eigenvalue weighted by molar-refractivity contribution is 5.68. The summed E-state index contributed by atoms with van der Waals surface area (Å²) >= 11 is 0. The monoisotopic (exact) mass is 274 g/mol. The van der Waals surface area contributed by atoms with Crippen LogP contribution in [0.2, 0.25) is 0 Å². The number of aromatic nitrogens is 1. The van der Waals surface area contributed by atoms with Crippen molar-refractivity contribution < 1.29 is 0 Å². The van der Waals surface area contributed by atoms with Crippen LogP contribution in [0.15, 0.2) is 6.07 Å². The summed E-state index contributed by atoms with van der Waals surface area (Å²) in [6.07, 6.45) is 5.91. The number of hydrogen-bond acceptors (Lipinski definition) is 3. The van der Waals surface area contributed by atoms with Crippen LogP contribution in [0.1, 0.15) is 51.6 Å². The molecule has 0 radical (unpaired) electrons. The second-order valence-electron chi connectivity index (χ2n) is 5.95. The summed E-state index contributed by atoms with van der Waals surface area (Å²) in [5, 5.41) is 9.31. The largest absolute Gasteiger partial charge is 0.396 e. The fourth-order valence-electron chi connectivity index (χ4n) is 2.97. The highest BCUT2D eigenvalue weighted by Crippen LogP contribution is 2.31. The molecule has 0 spiro atoms. The number of hydrogen-bond donors (Lipinski definition) is 1. The van der Waals surface area contributed by atoms with E-state index in [1.807, 2.05) is 6.07 Å². The molecule has 1 aliphatic heterocycles. The first kappa shape index (κ1) is 14.8. The molecule has 2 heterocycles. The topological polar surface area (TPSA) is 58.0 Å². The van der Waals surface area contributed by atoms with Crippen molar-refractivity contribution in [3.63, 3.8) is 0 Å². The van der Waals surface area contributed by atoms with E-state index in [2.05, 4.69) is 29.4 Å².